The third kappa shape index (κ3) is 1.77. The van der Waals surface area contributed by atoms with Crippen molar-refractivity contribution >= 4 is 5.69 Å². The molecule has 1 aromatic rings. The first kappa shape index (κ1) is 9.92. The van der Waals surface area contributed by atoms with E-state index in [0.29, 0.717) is 6.07 Å². The van der Waals surface area contributed by atoms with E-state index in [9.17, 15) is 14.5 Å². The summed E-state index contributed by atoms with van der Waals surface area (Å²) < 4.78 is 12.7. The van der Waals surface area contributed by atoms with Gasteiger partial charge in [-0.05, 0) is 0 Å². The predicted molar refractivity (Wildman–Crippen MR) is 44.0 cm³/mol. The van der Waals surface area contributed by atoms with Crippen LogP contribution < -0.4 is 0 Å². The van der Waals surface area contributed by atoms with E-state index in [1.54, 1.807) is 6.07 Å². The molecular weight excluding hydrogens is 191 g/mol. The van der Waals surface area contributed by atoms with Gasteiger partial charge in [0.2, 0.25) is 0 Å². The van der Waals surface area contributed by atoms with Gasteiger partial charge < -0.3 is 5.11 Å². The minimum atomic E-state index is -0.907. The number of halogens is 1. The van der Waals surface area contributed by atoms with Crippen LogP contribution in [-0.4, -0.2) is 10.0 Å². The highest BCUT2D eigenvalue weighted by Crippen LogP contribution is 2.29. The van der Waals surface area contributed by atoms with Crippen LogP contribution >= 0.6 is 0 Å². The Morgan fingerprint density at radius 1 is 1.64 bits per heavy atom. The summed E-state index contributed by atoms with van der Waals surface area (Å²) in [6.45, 7) is 0. The molecule has 0 aliphatic heterocycles. The van der Waals surface area contributed by atoms with Crippen molar-refractivity contribution in [3.63, 3.8) is 0 Å². The first-order chi connectivity index (χ1) is 6.56. The van der Waals surface area contributed by atoms with Gasteiger partial charge in [0.05, 0.1) is 29.0 Å². The molecule has 72 valence electrons. The summed E-state index contributed by atoms with van der Waals surface area (Å²) in [7, 11) is 0. The van der Waals surface area contributed by atoms with Gasteiger partial charge in [-0.15, -0.1) is 0 Å². The number of rotatable bonds is 2. The van der Waals surface area contributed by atoms with Gasteiger partial charge in [0.1, 0.15) is 11.6 Å². The van der Waals surface area contributed by atoms with Gasteiger partial charge in [-0.2, -0.15) is 5.26 Å². The van der Waals surface area contributed by atoms with Crippen LogP contribution in [0.5, 0.6) is 5.75 Å². The van der Waals surface area contributed by atoms with Crippen LogP contribution in [0, 0.1) is 27.3 Å². The Balaban J connectivity index is 3.38. The SMILES string of the molecule is N#CCc1c(O)cc(F)cc1[N+](=O)[O-]. The van der Waals surface area contributed by atoms with Crippen LogP contribution in [0.25, 0.3) is 0 Å². The maximum Gasteiger partial charge on any atom is 0.280 e. The molecule has 0 saturated heterocycles. The summed E-state index contributed by atoms with van der Waals surface area (Å²) in [5.41, 5.74) is -0.747. The molecule has 5 nitrogen and oxygen atoms in total. The van der Waals surface area contributed by atoms with Crippen LogP contribution in [-0.2, 0) is 6.42 Å². The number of hydrogen-bond donors (Lipinski definition) is 1. The second-order valence-corrected chi connectivity index (χ2v) is 2.51. The molecule has 0 aliphatic rings. The van der Waals surface area contributed by atoms with Crippen molar-refractivity contribution in [2.24, 2.45) is 0 Å². The van der Waals surface area contributed by atoms with Crippen molar-refractivity contribution < 1.29 is 14.4 Å². The number of hydrogen-bond acceptors (Lipinski definition) is 4. The van der Waals surface area contributed by atoms with Crippen LogP contribution in [0.1, 0.15) is 5.56 Å². The fourth-order valence-corrected chi connectivity index (χ4v) is 1.03. The van der Waals surface area contributed by atoms with Crippen LogP contribution in [0.15, 0.2) is 12.1 Å². The highest BCUT2D eigenvalue weighted by atomic mass is 19.1. The van der Waals surface area contributed by atoms with Crippen molar-refractivity contribution in [1.82, 2.24) is 0 Å². The van der Waals surface area contributed by atoms with E-state index in [0.717, 1.165) is 6.07 Å². The number of aromatic hydroxyl groups is 1. The smallest absolute Gasteiger partial charge is 0.280 e. The van der Waals surface area contributed by atoms with Gasteiger partial charge in [-0.1, -0.05) is 0 Å². The van der Waals surface area contributed by atoms with Gasteiger partial charge in [-0.25, -0.2) is 4.39 Å². The lowest BCUT2D eigenvalue weighted by molar-refractivity contribution is -0.385. The quantitative estimate of drug-likeness (QED) is 0.573. The number of benzene rings is 1. The van der Waals surface area contributed by atoms with Gasteiger partial charge >= 0.3 is 0 Å². The fraction of sp³-hybridized carbons (Fsp3) is 0.125. The third-order valence-corrected chi connectivity index (χ3v) is 1.62. The van der Waals surface area contributed by atoms with E-state index in [-0.39, 0.29) is 12.0 Å². The second kappa shape index (κ2) is 3.70. The Hall–Kier alpha value is -2.16. The predicted octanol–water partition coefficient (Wildman–Crippen LogP) is 1.51. The standard InChI is InChI=1S/C8H5FN2O3/c9-5-3-7(11(13)14)6(1-2-10)8(12)4-5/h3-4,12H,1H2. The molecular formula is C8H5FN2O3. The Kier molecular flexibility index (Phi) is 2.62. The lowest BCUT2D eigenvalue weighted by Gasteiger charge is -2.01. The molecule has 1 rings (SSSR count). The number of nitrogens with zero attached hydrogens (tertiary/aromatic N) is 2. The maximum atomic E-state index is 12.7. The van der Waals surface area contributed by atoms with Gasteiger partial charge in [-0.3, -0.25) is 10.1 Å². The van der Waals surface area contributed by atoms with E-state index < -0.39 is 22.2 Å². The largest absolute Gasteiger partial charge is 0.507 e. The van der Waals surface area contributed by atoms with E-state index in [4.69, 9.17) is 10.4 Å². The molecule has 14 heavy (non-hydrogen) atoms. The summed E-state index contributed by atoms with van der Waals surface area (Å²) in [5, 5.41) is 27.9. The number of nitro benzene ring substituents is 1. The Morgan fingerprint density at radius 3 is 2.79 bits per heavy atom. The van der Waals surface area contributed by atoms with Crippen molar-refractivity contribution in [2.75, 3.05) is 0 Å². The fourth-order valence-electron chi connectivity index (χ4n) is 1.03. The van der Waals surface area contributed by atoms with Crippen LogP contribution in [0.4, 0.5) is 10.1 Å². The normalized spacial score (nSPS) is 9.43. The zero-order valence-corrected chi connectivity index (χ0v) is 6.90. The highest BCUT2D eigenvalue weighted by molar-refractivity contribution is 5.50. The van der Waals surface area contributed by atoms with E-state index in [2.05, 4.69) is 0 Å². The van der Waals surface area contributed by atoms with Gasteiger partial charge in [0.25, 0.3) is 5.69 Å². The zero-order valence-electron chi connectivity index (χ0n) is 6.90. The Morgan fingerprint density at radius 2 is 2.29 bits per heavy atom. The zero-order chi connectivity index (χ0) is 10.7. The molecule has 1 N–H and O–H groups in total. The molecule has 0 bridgehead atoms. The average molecular weight is 196 g/mol. The highest BCUT2D eigenvalue weighted by Gasteiger charge is 2.19. The summed E-state index contributed by atoms with van der Waals surface area (Å²) in [6, 6.07) is 3.06. The molecule has 0 unspecified atom stereocenters. The number of nitriles is 1. The second-order valence-electron chi connectivity index (χ2n) is 2.51. The average Bonchev–Trinajstić information content (AvgIpc) is 2.09. The molecule has 0 radical (unpaired) electrons. The molecule has 0 fully saturated rings. The summed E-state index contributed by atoms with van der Waals surface area (Å²) in [5.74, 6) is -1.48. The molecule has 0 saturated carbocycles. The van der Waals surface area contributed by atoms with Crippen molar-refractivity contribution in [2.45, 2.75) is 6.42 Å². The molecule has 0 aliphatic carbocycles. The third-order valence-electron chi connectivity index (χ3n) is 1.62. The molecule has 6 heteroatoms. The molecule has 0 heterocycles. The summed E-state index contributed by atoms with van der Waals surface area (Å²) >= 11 is 0. The summed E-state index contributed by atoms with van der Waals surface area (Å²) in [4.78, 5) is 9.58. The molecule has 0 amide bonds. The van der Waals surface area contributed by atoms with Gasteiger partial charge in [0.15, 0.2) is 0 Å². The van der Waals surface area contributed by atoms with Crippen molar-refractivity contribution in [1.29, 1.82) is 5.26 Å². The number of phenols is 1. The topological polar surface area (TPSA) is 87.2 Å². The summed E-state index contributed by atoms with van der Waals surface area (Å²) in [6.07, 6.45) is -0.331. The maximum absolute atomic E-state index is 12.7. The number of phenolic OH excluding ortho intramolecular Hbond substituents is 1. The van der Waals surface area contributed by atoms with E-state index in [1.807, 2.05) is 0 Å². The van der Waals surface area contributed by atoms with E-state index >= 15 is 0 Å². The van der Waals surface area contributed by atoms with Crippen molar-refractivity contribution in [3.05, 3.63) is 33.6 Å². The lowest BCUT2D eigenvalue weighted by Crippen LogP contribution is -1.96. The monoisotopic (exact) mass is 196 g/mol. The van der Waals surface area contributed by atoms with Gasteiger partial charge in [0, 0.05) is 6.07 Å². The first-order valence-electron chi connectivity index (χ1n) is 3.59. The lowest BCUT2D eigenvalue weighted by atomic mass is 10.1. The van der Waals surface area contributed by atoms with Crippen LogP contribution in [0.3, 0.4) is 0 Å². The molecule has 1 aromatic carbocycles. The Labute approximate surface area is 78.2 Å². The molecule has 0 spiro atoms. The minimum absolute atomic E-state index is 0.168. The Bertz CT molecular complexity index is 425. The minimum Gasteiger partial charge on any atom is -0.507 e. The molecule has 0 atom stereocenters. The van der Waals surface area contributed by atoms with E-state index in [1.165, 1.54) is 0 Å². The van der Waals surface area contributed by atoms with Crippen molar-refractivity contribution in [3.8, 4) is 11.8 Å². The number of nitro groups is 1. The van der Waals surface area contributed by atoms with Crippen LogP contribution in [0.2, 0.25) is 0 Å². The first-order valence-corrected chi connectivity index (χ1v) is 3.59. The molecule has 0 aromatic heterocycles.